The second-order valence-corrected chi connectivity index (χ2v) is 3.65. The summed E-state index contributed by atoms with van der Waals surface area (Å²) in [6, 6.07) is 8.03. The number of nitrogens with two attached hydrogens (primary N) is 1. The molecular formula is C13H22N2O. The molecule has 0 heterocycles. The van der Waals surface area contributed by atoms with Crippen molar-refractivity contribution in [2.75, 3.05) is 19.3 Å². The largest absolute Gasteiger partial charge is 0.399 e. The van der Waals surface area contributed by atoms with Gasteiger partial charge in [-0.1, -0.05) is 26.0 Å². The number of nitrogens with zero attached hydrogens (tertiary/aromatic N) is 1. The monoisotopic (exact) mass is 222 g/mol. The maximum absolute atomic E-state index is 9.17. The van der Waals surface area contributed by atoms with Crippen LogP contribution >= 0.6 is 0 Å². The molecule has 1 aromatic rings. The predicted octanol–water partition coefficient (Wildman–Crippen LogP) is 2.32. The number of aldehydes is 1. The van der Waals surface area contributed by atoms with Crippen LogP contribution in [0.5, 0.6) is 0 Å². The molecule has 90 valence electrons. The highest BCUT2D eigenvalue weighted by molar-refractivity contribution is 5.48. The van der Waals surface area contributed by atoms with Gasteiger partial charge in [0.05, 0.1) is 0 Å². The van der Waals surface area contributed by atoms with Gasteiger partial charge in [-0.2, -0.15) is 0 Å². The first-order valence-corrected chi connectivity index (χ1v) is 5.60. The average Bonchev–Trinajstić information content (AvgIpc) is 2.32. The summed E-state index contributed by atoms with van der Waals surface area (Å²) in [6.45, 7) is 6.03. The van der Waals surface area contributed by atoms with Gasteiger partial charge >= 0.3 is 0 Å². The first kappa shape index (κ1) is 14.6. The highest BCUT2D eigenvalue weighted by atomic mass is 16.1. The number of hydrogen-bond acceptors (Lipinski definition) is 3. The molecule has 0 spiro atoms. The molecular weight excluding hydrogens is 200 g/mol. The van der Waals surface area contributed by atoms with Crippen LogP contribution in [-0.4, -0.2) is 24.8 Å². The molecule has 0 aliphatic rings. The molecule has 0 aliphatic heterocycles. The van der Waals surface area contributed by atoms with Crippen molar-refractivity contribution in [2.45, 2.75) is 26.8 Å². The summed E-state index contributed by atoms with van der Waals surface area (Å²) in [4.78, 5) is 11.4. The number of benzene rings is 1. The van der Waals surface area contributed by atoms with Crippen LogP contribution in [0.4, 0.5) is 5.69 Å². The maximum atomic E-state index is 9.17. The van der Waals surface area contributed by atoms with Crippen LogP contribution in [0.15, 0.2) is 24.3 Å². The highest BCUT2D eigenvalue weighted by Crippen LogP contribution is 2.06. The van der Waals surface area contributed by atoms with E-state index in [4.69, 9.17) is 5.73 Å². The fourth-order valence-corrected chi connectivity index (χ4v) is 1.05. The SMILES string of the molecule is CCC=O.CCN(C)Cc1ccc(N)cc1. The van der Waals surface area contributed by atoms with Gasteiger partial charge in [0, 0.05) is 18.7 Å². The zero-order valence-corrected chi connectivity index (χ0v) is 10.4. The molecule has 3 nitrogen and oxygen atoms in total. The van der Waals surface area contributed by atoms with Gasteiger partial charge in [0.15, 0.2) is 0 Å². The Hall–Kier alpha value is -1.35. The van der Waals surface area contributed by atoms with Crippen LogP contribution < -0.4 is 5.73 Å². The van der Waals surface area contributed by atoms with Gasteiger partial charge < -0.3 is 15.4 Å². The Morgan fingerprint density at radius 1 is 1.25 bits per heavy atom. The van der Waals surface area contributed by atoms with Gasteiger partial charge in [-0.05, 0) is 31.3 Å². The van der Waals surface area contributed by atoms with Gasteiger partial charge in [-0.3, -0.25) is 0 Å². The first-order chi connectivity index (χ1) is 7.63. The van der Waals surface area contributed by atoms with Crippen molar-refractivity contribution in [1.29, 1.82) is 0 Å². The van der Waals surface area contributed by atoms with E-state index in [1.54, 1.807) is 0 Å². The van der Waals surface area contributed by atoms with Crippen molar-refractivity contribution in [2.24, 2.45) is 0 Å². The Labute approximate surface area is 98.3 Å². The van der Waals surface area contributed by atoms with Crippen molar-refractivity contribution in [1.82, 2.24) is 4.90 Å². The molecule has 0 aliphatic carbocycles. The zero-order valence-electron chi connectivity index (χ0n) is 10.4. The number of carbonyl (C=O) groups is 1. The lowest BCUT2D eigenvalue weighted by Gasteiger charge is -2.13. The normalized spacial score (nSPS) is 9.50. The molecule has 0 radical (unpaired) electrons. The van der Waals surface area contributed by atoms with E-state index >= 15 is 0 Å². The van der Waals surface area contributed by atoms with Crippen LogP contribution in [0.25, 0.3) is 0 Å². The third kappa shape index (κ3) is 7.01. The molecule has 0 saturated heterocycles. The Kier molecular flexibility index (Phi) is 8.17. The van der Waals surface area contributed by atoms with E-state index in [0.29, 0.717) is 6.42 Å². The van der Waals surface area contributed by atoms with E-state index in [1.807, 2.05) is 19.1 Å². The predicted molar refractivity (Wildman–Crippen MR) is 69.2 cm³/mol. The second-order valence-electron chi connectivity index (χ2n) is 3.65. The van der Waals surface area contributed by atoms with Gasteiger partial charge in [0.25, 0.3) is 0 Å². The third-order valence-corrected chi connectivity index (χ3v) is 2.14. The number of hydrogen-bond donors (Lipinski definition) is 1. The number of carbonyl (C=O) groups excluding carboxylic acids is 1. The van der Waals surface area contributed by atoms with Crippen LogP contribution in [0, 0.1) is 0 Å². The minimum atomic E-state index is 0.639. The van der Waals surface area contributed by atoms with Crippen LogP contribution in [-0.2, 0) is 11.3 Å². The molecule has 0 aromatic heterocycles. The Balaban J connectivity index is 0.000000487. The molecule has 16 heavy (non-hydrogen) atoms. The number of anilines is 1. The molecule has 0 amide bonds. The van der Waals surface area contributed by atoms with E-state index in [1.165, 1.54) is 5.56 Å². The zero-order chi connectivity index (χ0) is 12.4. The fourth-order valence-electron chi connectivity index (χ4n) is 1.05. The molecule has 0 fully saturated rings. The molecule has 1 aromatic carbocycles. The van der Waals surface area contributed by atoms with E-state index in [-0.39, 0.29) is 0 Å². The van der Waals surface area contributed by atoms with E-state index < -0.39 is 0 Å². The second kappa shape index (κ2) is 8.92. The van der Waals surface area contributed by atoms with Gasteiger partial charge in [0.1, 0.15) is 6.29 Å². The summed E-state index contributed by atoms with van der Waals surface area (Å²) in [5, 5.41) is 0. The molecule has 3 heteroatoms. The minimum absolute atomic E-state index is 0.639. The van der Waals surface area contributed by atoms with E-state index in [2.05, 4.69) is 31.0 Å². The topological polar surface area (TPSA) is 46.3 Å². The molecule has 0 unspecified atom stereocenters. The number of rotatable bonds is 4. The maximum Gasteiger partial charge on any atom is 0.119 e. The van der Waals surface area contributed by atoms with Crippen molar-refractivity contribution in [3.8, 4) is 0 Å². The van der Waals surface area contributed by atoms with Crippen LogP contribution in [0.1, 0.15) is 25.8 Å². The number of nitrogen functional groups attached to an aromatic ring is 1. The molecule has 2 N–H and O–H groups in total. The first-order valence-electron chi connectivity index (χ1n) is 5.60. The summed E-state index contributed by atoms with van der Waals surface area (Å²) >= 11 is 0. The molecule has 0 saturated carbocycles. The summed E-state index contributed by atoms with van der Waals surface area (Å²) in [5.74, 6) is 0. The summed E-state index contributed by atoms with van der Waals surface area (Å²) in [7, 11) is 2.11. The summed E-state index contributed by atoms with van der Waals surface area (Å²) < 4.78 is 0. The smallest absolute Gasteiger partial charge is 0.119 e. The summed E-state index contributed by atoms with van der Waals surface area (Å²) in [5.41, 5.74) is 7.72. The molecule has 1 rings (SSSR count). The Bertz CT molecular complexity index is 282. The molecule has 0 atom stereocenters. The lowest BCUT2D eigenvalue weighted by Crippen LogP contribution is -2.16. The van der Waals surface area contributed by atoms with Crippen molar-refractivity contribution in [3.05, 3.63) is 29.8 Å². The quantitative estimate of drug-likeness (QED) is 0.628. The van der Waals surface area contributed by atoms with Crippen molar-refractivity contribution < 1.29 is 4.79 Å². The Morgan fingerprint density at radius 3 is 2.12 bits per heavy atom. The van der Waals surface area contributed by atoms with Crippen LogP contribution in [0.3, 0.4) is 0 Å². The highest BCUT2D eigenvalue weighted by Gasteiger charge is 1.96. The fraction of sp³-hybridized carbons (Fsp3) is 0.462. The lowest BCUT2D eigenvalue weighted by atomic mass is 10.2. The Morgan fingerprint density at radius 2 is 1.75 bits per heavy atom. The van der Waals surface area contributed by atoms with Crippen molar-refractivity contribution in [3.63, 3.8) is 0 Å². The van der Waals surface area contributed by atoms with Gasteiger partial charge in [-0.15, -0.1) is 0 Å². The minimum Gasteiger partial charge on any atom is -0.399 e. The lowest BCUT2D eigenvalue weighted by molar-refractivity contribution is -0.107. The average molecular weight is 222 g/mol. The third-order valence-electron chi connectivity index (χ3n) is 2.14. The summed E-state index contributed by atoms with van der Waals surface area (Å²) in [6.07, 6.45) is 1.51. The van der Waals surface area contributed by atoms with E-state index in [9.17, 15) is 4.79 Å². The van der Waals surface area contributed by atoms with Gasteiger partial charge in [0.2, 0.25) is 0 Å². The van der Waals surface area contributed by atoms with Crippen LogP contribution in [0.2, 0.25) is 0 Å². The van der Waals surface area contributed by atoms with Crippen molar-refractivity contribution >= 4 is 12.0 Å². The van der Waals surface area contributed by atoms with E-state index in [0.717, 1.165) is 25.1 Å². The molecule has 0 bridgehead atoms. The van der Waals surface area contributed by atoms with Gasteiger partial charge in [-0.25, -0.2) is 0 Å². The standard InChI is InChI=1S/C10H16N2.C3H6O/c1-3-12(2)8-9-4-6-10(11)7-5-9;1-2-3-4/h4-7H,3,8,11H2,1-2H3;3H,2H2,1H3.